The normalized spacial score (nSPS) is 16.2. The van der Waals surface area contributed by atoms with Crippen LogP contribution in [0.5, 0.6) is 5.75 Å². The Hall–Kier alpha value is -2.60. The van der Waals surface area contributed by atoms with Crippen LogP contribution in [0.4, 0.5) is 5.00 Å². The molecule has 1 aliphatic carbocycles. The number of para-hydroxylation sites is 1. The quantitative estimate of drug-likeness (QED) is 0.516. The van der Waals surface area contributed by atoms with Gasteiger partial charge in [-0.2, -0.15) is 0 Å². The molecular formula is C24H29NO4S. The fourth-order valence-corrected chi connectivity index (χ4v) is 5.17. The first-order valence-electron chi connectivity index (χ1n) is 10.1. The smallest absolute Gasteiger partial charge is 0.341 e. The van der Waals surface area contributed by atoms with Gasteiger partial charge >= 0.3 is 5.97 Å². The Labute approximate surface area is 182 Å². The molecule has 2 aromatic rings. The van der Waals surface area contributed by atoms with E-state index in [0.29, 0.717) is 22.2 Å². The van der Waals surface area contributed by atoms with Gasteiger partial charge in [0, 0.05) is 16.5 Å². The van der Waals surface area contributed by atoms with E-state index < -0.39 is 5.97 Å². The van der Waals surface area contributed by atoms with Crippen LogP contribution in [0.25, 0.3) is 6.08 Å². The maximum atomic E-state index is 12.6. The molecular weight excluding hydrogens is 398 g/mol. The second-order valence-electron chi connectivity index (χ2n) is 8.57. The number of rotatable bonds is 5. The van der Waals surface area contributed by atoms with Crippen molar-refractivity contribution < 1.29 is 19.1 Å². The second kappa shape index (κ2) is 9.04. The van der Waals surface area contributed by atoms with Crippen molar-refractivity contribution in [3.8, 4) is 5.75 Å². The zero-order valence-corrected chi connectivity index (χ0v) is 19.0. The van der Waals surface area contributed by atoms with Gasteiger partial charge in [-0.1, -0.05) is 39.0 Å². The standard InChI is InChI=1S/C24H29NO4S/c1-24(2,3)16-11-12-17-19(14-16)30-22(21(17)23(27)29-5)25-20(26)13-10-15-8-6-7-9-18(15)28-4/h6-10,13,16H,11-12,14H2,1-5H3,(H,25,26)/b13-10+. The maximum Gasteiger partial charge on any atom is 0.341 e. The zero-order chi connectivity index (χ0) is 21.9. The maximum absolute atomic E-state index is 12.6. The third-order valence-corrected chi connectivity index (χ3v) is 6.84. The predicted molar refractivity (Wildman–Crippen MR) is 121 cm³/mol. The minimum atomic E-state index is -0.397. The fourth-order valence-electron chi connectivity index (χ4n) is 3.85. The highest BCUT2D eigenvalue weighted by molar-refractivity contribution is 7.17. The number of nitrogens with one attached hydrogen (secondary N) is 1. The summed E-state index contributed by atoms with van der Waals surface area (Å²) in [7, 11) is 2.97. The first-order valence-corrected chi connectivity index (χ1v) is 10.9. The molecule has 1 aromatic carbocycles. The van der Waals surface area contributed by atoms with Crippen molar-refractivity contribution in [1.82, 2.24) is 0 Å². The van der Waals surface area contributed by atoms with Gasteiger partial charge in [0.25, 0.3) is 0 Å². The highest BCUT2D eigenvalue weighted by Gasteiger charge is 2.34. The fraction of sp³-hybridized carbons (Fsp3) is 0.417. The number of benzene rings is 1. The Balaban J connectivity index is 1.85. The first-order chi connectivity index (χ1) is 14.2. The molecule has 1 amide bonds. The molecule has 30 heavy (non-hydrogen) atoms. The number of ether oxygens (including phenoxy) is 2. The topological polar surface area (TPSA) is 64.6 Å². The molecule has 6 heteroatoms. The van der Waals surface area contributed by atoms with Crippen LogP contribution in [0.3, 0.4) is 0 Å². The molecule has 0 spiro atoms. The lowest BCUT2D eigenvalue weighted by Crippen LogP contribution is -2.26. The van der Waals surface area contributed by atoms with Crippen LogP contribution >= 0.6 is 11.3 Å². The molecule has 160 valence electrons. The van der Waals surface area contributed by atoms with Gasteiger partial charge in [0.2, 0.25) is 5.91 Å². The molecule has 0 fully saturated rings. The van der Waals surface area contributed by atoms with E-state index >= 15 is 0 Å². The zero-order valence-electron chi connectivity index (χ0n) is 18.2. The molecule has 5 nitrogen and oxygen atoms in total. The highest BCUT2D eigenvalue weighted by Crippen LogP contribution is 2.44. The summed E-state index contributed by atoms with van der Waals surface area (Å²) in [5.41, 5.74) is 2.54. The van der Waals surface area contributed by atoms with Crippen molar-refractivity contribution in [2.45, 2.75) is 40.0 Å². The molecule has 0 saturated carbocycles. The van der Waals surface area contributed by atoms with Gasteiger partial charge in [-0.05, 0) is 48.3 Å². The van der Waals surface area contributed by atoms with E-state index in [1.807, 2.05) is 24.3 Å². The number of methoxy groups -OCH3 is 2. The van der Waals surface area contributed by atoms with Crippen LogP contribution in [0.1, 0.15) is 53.6 Å². The Bertz CT molecular complexity index is 968. The summed E-state index contributed by atoms with van der Waals surface area (Å²) in [6.45, 7) is 6.76. The van der Waals surface area contributed by atoms with E-state index in [9.17, 15) is 9.59 Å². The number of carbonyl (C=O) groups excluding carboxylic acids is 2. The third kappa shape index (κ3) is 4.75. The SMILES string of the molecule is COC(=O)c1c(NC(=O)/C=C/c2ccccc2OC)sc2c1CCC(C(C)(C)C)C2. The third-order valence-electron chi connectivity index (χ3n) is 5.67. The van der Waals surface area contributed by atoms with Crippen LogP contribution in [0, 0.1) is 11.3 Å². The van der Waals surface area contributed by atoms with Gasteiger partial charge < -0.3 is 14.8 Å². The van der Waals surface area contributed by atoms with Crippen molar-refractivity contribution in [1.29, 1.82) is 0 Å². The Morgan fingerprint density at radius 3 is 2.60 bits per heavy atom. The number of carbonyl (C=O) groups is 2. The number of fused-ring (bicyclic) bond motifs is 1. The molecule has 1 aromatic heterocycles. The van der Waals surface area contributed by atoms with Crippen molar-refractivity contribution in [3.63, 3.8) is 0 Å². The average Bonchev–Trinajstić information content (AvgIpc) is 3.08. The minimum Gasteiger partial charge on any atom is -0.496 e. The predicted octanol–water partition coefficient (Wildman–Crippen LogP) is 5.35. The van der Waals surface area contributed by atoms with E-state index in [2.05, 4.69) is 26.1 Å². The minimum absolute atomic E-state index is 0.202. The summed E-state index contributed by atoms with van der Waals surface area (Å²) in [6, 6.07) is 7.47. The summed E-state index contributed by atoms with van der Waals surface area (Å²) in [5.74, 6) is 0.544. The van der Waals surface area contributed by atoms with Gasteiger partial charge in [-0.15, -0.1) is 11.3 Å². The number of esters is 1. The number of thiophene rings is 1. The lowest BCUT2D eigenvalue weighted by Gasteiger charge is -2.33. The molecule has 0 aliphatic heterocycles. The summed E-state index contributed by atoms with van der Waals surface area (Å²) >= 11 is 1.49. The molecule has 1 aliphatic rings. The van der Waals surface area contributed by atoms with Crippen LogP contribution in [0.2, 0.25) is 0 Å². The Morgan fingerprint density at radius 1 is 1.20 bits per heavy atom. The highest BCUT2D eigenvalue weighted by atomic mass is 32.1. The number of hydrogen-bond donors (Lipinski definition) is 1. The number of amides is 1. The largest absolute Gasteiger partial charge is 0.496 e. The summed E-state index contributed by atoms with van der Waals surface area (Å²) in [6.07, 6.45) is 5.93. The first kappa shape index (κ1) is 22.1. The summed E-state index contributed by atoms with van der Waals surface area (Å²) in [4.78, 5) is 26.3. The summed E-state index contributed by atoms with van der Waals surface area (Å²) in [5, 5.41) is 3.46. The molecule has 1 N–H and O–H groups in total. The molecule has 1 unspecified atom stereocenters. The van der Waals surface area contributed by atoms with Crippen molar-refractivity contribution >= 4 is 34.3 Å². The van der Waals surface area contributed by atoms with E-state index in [1.165, 1.54) is 29.4 Å². The van der Waals surface area contributed by atoms with E-state index in [1.54, 1.807) is 13.2 Å². The Morgan fingerprint density at radius 2 is 1.93 bits per heavy atom. The number of anilines is 1. The molecule has 0 saturated heterocycles. The van der Waals surface area contributed by atoms with Crippen LogP contribution in [-0.2, 0) is 22.4 Å². The molecule has 0 bridgehead atoms. The van der Waals surface area contributed by atoms with Gasteiger partial charge in [0.05, 0.1) is 19.8 Å². The van der Waals surface area contributed by atoms with Crippen LogP contribution in [-0.4, -0.2) is 26.1 Å². The molecule has 3 rings (SSSR count). The molecule has 0 radical (unpaired) electrons. The monoisotopic (exact) mass is 427 g/mol. The van der Waals surface area contributed by atoms with E-state index in [-0.39, 0.29) is 11.3 Å². The van der Waals surface area contributed by atoms with E-state index in [4.69, 9.17) is 9.47 Å². The number of hydrogen-bond acceptors (Lipinski definition) is 5. The molecule has 1 heterocycles. The van der Waals surface area contributed by atoms with Crippen LogP contribution in [0.15, 0.2) is 30.3 Å². The van der Waals surface area contributed by atoms with Gasteiger partial charge in [-0.25, -0.2) is 4.79 Å². The lowest BCUT2D eigenvalue weighted by atomic mass is 9.72. The van der Waals surface area contributed by atoms with Gasteiger partial charge in [-0.3, -0.25) is 4.79 Å². The van der Waals surface area contributed by atoms with E-state index in [0.717, 1.165) is 30.4 Å². The molecule has 1 atom stereocenters. The van der Waals surface area contributed by atoms with Gasteiger partial charge in [0.15, 0.2) is 0 Å². The Kier molecular flexibility index (Phi) is 6.66. The lowest BCUT2D eigenvalue weighted by molar-refractivity contribution is -0.111. The van der Waals surface area contributed by atoms with Crippen molar-refractivity contribution in [2.24, 2.45) is 11.3 Å². The van der Waals surface area contributed by atoms with Crippen LogP contribution < -0.4 is 10.1 Å². The second-order valence-corrected chi connectivity index (χ2v) is 9.67. The van der Waals surface area contributed by atoms with Crippen molar-refractivity contribution in [3.05, 3.63) is 51.9 Å². The average molecular weight is 428 g/mol. The van der Waals surface area contributed by atoms with Gasteiger partial charge in [0.1, 0.15) is 10.8 Å². The summed E-state index contributed by atoms with van der Waals surface area (Å²) < 4.78 is 10.3. The van der Waals surface area contributed by atoms with Crippen molar-refractivity contribution in [2.75, 3.05) is 19.5 Å².